The van der Waals surface area contributed by atoms with E-state index in [1.54, 1.807) is 18.2 Å². The number of benzene rings is 2. The predicted molar refractivity (Wildman–Crippen MR) is 122 cm³/mol. The van der Waals surface area contributed by atoms with E-state index < -0.39 is 17.7 Å². The molecule has 1 heterocycles. The highest BCUT2D eigenvalue weighted by Gasteiger charge is 2.45. The minimum Gasteiger partial charge on any atom is -0.507 e. The van der Waals surface area contributed by atoms with Gasteiger partial charge in [-0.1, -0.05) is 28.1 Å². The summed E-state index contributed by atoms with van der Waals surface area (Å²) in [6.45, 7) is 6.26. The van der Waals surface area contributed by atoms with E-state index in [9.17, 15) is 14.7 Å². The van der Waals surface area contributed by atoms with Crippen molar-refractivity contribution < 1.29 is 24.2 Å². The third-order valence-electron chi connectivity index (χ3n) is 5.07. The molecule has 6 nitrogen and oxygen atoms in total. The monoisotopic (exact) mass is 487 g/mol. The summed E-state index contributed by atoms with van der Waals surface area (Å²) in [4.78, 5) is 27.2. The molecule has 0 bridgehead atoms. The summed E-state index contributed by atoms with van der Waals surface area (Å²) in [6, 6.07) is 11.9. The van der Waals surface area contributed by atoms with Gasteiger partial charge in [0.25, 0.3) is 11.7 Å². The standard InChI is InChI=1S/C24H26BrNO5/c1-14(2)31-19-10-7-17(13-15(19)3)22(27)20-21(16-5-8-18(25)9-6-16)26(11-12-30-4)24(29)23(20)28/h5-10,13-14,21,27H,11-12H2,1-4H3/t21-/m0/s1. The van der Waals surface area contributed by atoms with E-state index in [-0.39, 0.29) is 30.6 Å². The number of ketones is 1. The average Bonchev–Trinajstić information content (AvgIpc) is 2.98. The zero-order valence-corrected chi connectivity index (χ0v) is 19.6. The lowest BCUT2D eigenvalue weighted by molar-refractivity contribution is -0.140. The Kier molecular flexibility index (Phi) is 7.18. The summed E-state index contributed by atoms with van der Waals surface area (Å²) in [5, 5.41) is 11.1. The molecule has 164 valence electrons. The number of halogens is 1. The number of carbonyl (C=O) groups is 2. The van der Waals surface area contributed by atoms with Gasteiger partial charge in [0.2, 0.25) is 0 Å². The molecule has 7 heteroatoms. The van der Waals surface area contributed by atoms with Crippen LogP contribution in [0.4, 0.5) is 0 Å². The van der Waals surface area contributed by atoms with Gasteiger partial charge in [-0.2, -0.15) is 0 Å². The number of ether oxygens (including phenoxy) is 2. The molecule has 1 atom stereocenters. The number of aliphatic hydroxyl groups is 1. The second-order valence-electron chi connectivity index (χ2n) is 7.68. The molecule has 31 heavy (non-hydrogen) atoms. The summed E-state index contributed by atoms with van der Waals surface area (Å²) in [5.74, 6) is -0.855. The number of hydrogen-bond acceptors (Lipinski definition) is 5. The van der Waals surface area contributed by atoms with E-state index in [0.29, 0.717) is 11.3 Å². The number of aliphatic hydroxyl groups excluding tert-OH is 1. The largest absolute Gasteiger partial charge is 0.507 e. The molecule has 0 aliphatic carbocycles. The van der Waals surface area contributed by atoms with Crippen molar-refractivity contribution in [1.29, 1.82) is 0 Å². The molecule has 1 aliphatic heterocycles. The van der Waals surface area contributed by atoms with Gasteiger partial charge in [0.1, 0.15) is 11.5 Å². The van der Waals surface area contributed by atoms with Gasteiger partial charge in [-0.05, 0) is 62.2 Å². The Labute approximate surface area is 190 Å². The Hall–Kier alpha value is -2.64. The fourth-order valence-electron chi connectivity index (χ4n) is 3.63. The number of aryl methyl sites for hydroxylation is 1. The SMILES string of the molecule is COCCN1C(=O)C(=O)C(=C(O)c2ccc(OC(C)C)c(C)c2)[C@@H]1c1ccc(Br)cc1. The van der Waals surface area contributed by atoms with Crippen LogP contribution in [-0.2, 0) is 14.3 Å². The van der Waals surface area contributed by atoms with E-state index >= 15 is 0 Å². The maximum Gasteiger partial charge on any atom is 0.295 e. The molecule has 2 aromatic rings. The van der Waals surface area contributed by atoms with Crippen LogP contribution in [0.5, 0.6) is 5.75 Å². The number of carbonyl (C=O) groups excluding carboxylic acids is 2. The molecule has 0 saturated carbocycles. The van der Waals surface area contributed by atoms with Crippen molar-refractivity contribution >= 4 is 33.4 Å². The van der Waals surface area contributed by atoms with Gasteiger partial charge in [0, 0.05) is 23.7 Å². The normalized spacial score (nSPS) is 18.1. The Bertz CT molecular complexity index is 1010. The minimum atomic E-state index is -0.707. The van der Waals surface area contributed by atoms with Crippen LogP contribution in [-0.4, -0.2) is 48.1 Å². The molecule has 0 spiro atoms. The first-order chi connectivity index (χ1) is 14.7. The van der Waals surface area contributed by atoms with Crippen LogP contribution < -0.4 is 4.74 Å². The second-order valence-corrected chi connectivity index (χ2v) is 8.60. The van der Waals surface area contributed by atoms with Crippen LogP contribution in [0.1, 0.15) is 36.6 Å². The predicted octanol–water partition coefficient (Wildman–Crippen LogP) is 4.61. The van der Waals surface area contributed by atoms with E-state index in [1.807, 2.05) is 45.0 Å². The summed E-state index contributed by atoms with van der Waals surface area (Å²) in [7, 11) is 1.54. The van der Waals surface area contributed by atoms with Gasteiger partial charge in [-0.15, -0.1) is 0 Å². The first kappa shape index (κ1) is 23.0. The summed E-state index contributed by atoms with van der Waals surface area (Å²) < 4.78 is 11.8. The maximum absolute atomic E-state index is 13.0. The van der Waals surface area contributed by atoms with Crippen LogP contribution >= 0.6 is 15.9 Å². The third kappa shape index (κ3) is 4.83. The van der Waals surface area contributed by atoms with Crippen LogP contribution in [0, 0.1) is 6.92 Å². The molecule has 2 aromatic carbocycles. The average molecular weight is 488 g/mol. The molecule has 1 amide bonds. The summed E-state index contributed by atoms with van der Waals surface area (Å²) in [6.07, 6.45) is 0.0154. The number of methoxy groups -OCH3 is 1. The molecule has 0 radical (unpaired) electrons. The third-order valence-corrected chi connectivity index (χ3v) is 5.60. The Morgan fingerprint density at radius 2 is 1.84 bits per heavy atom. The number of Topliss-reactive ketones (excluding diaryl/α,β-unsaturated/α-hetero) is 1. The van der Waals surface area contributed by atoms with E-state index in [4.69, 9.17) is 9.47 Å². The highest BCUT2D eigenvalue weighted by molar-refractivity contribution is 9.10. The lowest BCUT2D eigenvalue weighted by atomic mass is 9.95. The molecule has 0 aromatic heterocycles. The van der Waals surface area contributed by atoms with Crippen LogP contribution in [0.3, 0.4) is 0 Å². The van der Waals surface area contributed by atoms with Gasteiger partial charge in [-0.3, -0.25) is 9.59 Å². The van der Waals surface area contributed by atoms with Crippen molar-refractivity contribution in [2.24, 2.45) is 0 Å². The Morgan fingerprint density at radius 3 is 2.42 bits per heavy atom. The minimum absolute atomic E-state index is 0.0154. The number of hydrogen-bond donors (Lipinski definition) is 1. The molecule has 0 unspecified atom stereocenters. The topological polar surface area (TPSA) is 76.1 Å². The van der Waals surface area contributed by atoms with Gasteiger partial charge in [0.15, 0.2) is 0 Å². The molecule has 1 N–H and O–H groups in total. The lowest BCUT2D eigenvalue weighted by Crippen LogP contribution is -2.32. The molecule has 1 aliphatic rings. The van der Waals surface area contributed by atoms with Crippen molar-refractivity contribution in [3.05, 3.63) is 69.2 Å². The van der Waals surface area contributed by atoms with Crippen LogP contribution in [0.2, 0.25) is 0 Å². The zero-order valence-electron chi connectivity index (χ0n) is 18.0. The van der Waals surface area contributed by atoms with Crippen LogP contribution in [0.15, 0.2) is 52.5 Å². The molecule has 3 rings (SSSR count). The number of likely N-dealkylation sites (tertiary alicyclic amines) is 1. The molecule has 1 fully saturated rings. The highest BCUT2D eigenvalue weighted by Crippen LogP contribution is 2.40. The van der Waals surface area contributed by atoms with Gasteiger partial charge in [-0.25, -0.2) is 0 Å². The van der Waals surface area contributed by atoms with E-state index in [0.717, 1.165) is 15.6 Å². The summed E-state index contributed by atoms with van der Waals surface area (Å²) >= 11 is 3.41. The molecular weight excluding hydrogens is 462 g/mol. The fraction of sp³-hybridized carbons (Fsp3) is 0.333. The molecule has 1 saturated heterocycles. The van der Waals surface area contributed by atoms with Crippen molar-refractivity contribution in [3.63, 3.8) is 0 Å². The quantitative estimate of drug-likeness (QED) is 0.350. The van der Waals surface area contributed by atoms with E-state index in [2.05, 4.69) is 15.9 Å². The Morgan fingerprint density at radius 1 is 1.16 bits per heavy atom. The van der Waals surface area contributed by atoms with E-state index in [1.165, 1.54) is 12.0 Å². The summed E-state index contributed by atoms with van der Waals surface area (Å²) in [5.41, 5.74) is 2.09. The second kappa shape index (κ2) is 9.66. The highest BCUT2D eigenvalue weighted by atomic mass is 79.9. The Balaban J connectivity index is 2.11. The maximum atomic E-state index is 13.0. The number of nitrogens with zero attached hydrogens (tertiary/aromatic N) is 1. The number of amides is 1. The number of rotatable bonds is 7. The van der Waals surface area contributed by atoms with Gasteiger partial charge in [0.05, 0.1) is 24.3 Å². The van der Waals surface area contributed by atoms with Crippen molar-refractivity contribution in [3.8, 4) is 5.75 Å². The van der Waals surface area contributed by atoms with Gasteiger partial charge < -0.3 is 19.5 Å². The lowest BCUT2D eigenvalue weighted by Gasteiger charge is -2.25. The van der Waals surface area contributed by atoms with Gasteiger partial charge >= 0.3 is 0 Å². The van der Waals surface area contributed by atoms with Crippen molar-refractivity contribution in [2.75, 3.05) is 20.3 Å². The zero-order chi connectivity index (χ0) is 22.7. The first-order valence-electron chi connectivity index (χ1n) is 10.0. The smallest absolute Gasteiger partial charge is 0.295 e. The first-order valence-corrected chi connectivity index (χ1v) is 10.8. The van der Waals surface area contributed by atoms with Crippen LogP contribution in [0.25, 0.3) is 5.76 Å². The van der Waals surface area contributed by atoms with Crippen molar-refractivity contribution in [2.45, 2.75) is 32.9 Å². The molecular formula is C24H26BrNO5. The van der Waals surface area contributed by atoms with Crippen molar-refractivity contribution in [1.82, 2.24) is 4.90 Å². The fourth-order valence-corrected chi connectivity index (χ4v) is 3.89.